The molecule has 7 heteroatoms. The topological polar surface area (TPSA) is 75.4 Å². The third-order valence-corrected chi connectivity index (χ3v) is 6.51. The van der Waals surface area contributed by atoms with Gasteiger partial charge in [-0.25, -0.2) is 8.42 Å². The third kappa shape index (κ3) is 3.83. The maximum atomic E-state index is 13.4. The van der Waals surface area contributed by atoms with Crippen LogP contribution in [0.2, 0.25) is 0 Å². The van der Waals surface area contributed by atoms with Crippen LogP contribution in [0.5, 0.6) is 0 Å². The number of aliphatic hydroxyl groups is 1. The summed E-state index contributed by atoms with van der Waals surface area (Å²) in [5.74, 6) is 0. The Morgan fingerprint density at radius 1 is 1.33 bits per heavy atom. The van der Waals surface area contributed by atoms with Crippen LogP contribution >= 0.6 is 0 Å². The normalized spacial score (nSPS) is 20.7. The summed E-state index contributed by atoms with van der Waals surface area (Å²) in [5, 5.41) is 13.9. The first-order chi connectivity index (χ1) is 11.1. The van der Waals surface area contributed by atoms with E-state index < -0.39 is 10.0 Å². The predicted molar refractivity (Wildman–Crippen MR) is 94.5 cm³/mol. The molecule has 1 aliphatic rings. The monoisotopic (exact) mass is 357 g/mol. The van der Waals surface area contributed by atoms with Crippen molar-refractivity contribution in [3.05, 3.63) is 11.9 Å². The smallest absolute Gasteiger partial charge is 0.246 e. The standard InChI is InChI=1S/C17H31N3O3S/c1-13(2)19-12-15(16(18-19)17(3,4)5)24(22,23)20-10-7-6-8-14(20)9-11-21/h12-14,21H,6-11H2,1-5H3. The van der Waals surface area contributed by atoms with Crippen molar-refractivity contribution in [3.8, 4) is 0 Å². The molecule has 138 valence electrons. The summed E-state index contributed by atoms with van der Waals surface area (Å²) < 4.78 is 30.1. The second kappa shape index (κ2) is 7.14. The molecule has 0 amide bonds. The van der Waals surface area contributed by atoms with Gasteiger partial charge in [-0.3, -0.25) is 4.68 Å². The van der Waals surface area contributed by atoms with Crippen molar-refractivity contribution in [3.63, 3.8) is 0 Å². The maximum absolute atomic E-state index is 13.4. The van der Waals surface area contributed by atoms with E-state index in [0.29, 0.717) is 23.6 Å². The van der Waals surface area contributed by atoms with Gasteiger partial charge in [-0.1, -0.05) is 27.2 Å². The number of sulfonamides is 1. The highest BCUT2D eigenvalue weighted by atomic mass is 32.2. The molecular formula is C17H31N3O3S. The zero-order valence-electron chi connectivity index (χ0n) is 15.5. The molecule has 0 bridgehead atoms. The van der Waals surface area contributed by atoms with Gasteiger partial charge in [0, 0.05) is 36.8 Å². The molecule has 1 aromatic heterocycles. The summed E-state index contributed by atoms with van der Waals surface area (Å²) in [5.41, 5.74) is 0.259. The summed E-state index contributed by atoms with van der Waals surface area (Å²) in [6.07, 6.45) is 4.84. The van der Waals surface area contributed by atoms with Crippen LogP contribution in [0, 0.1) is 0 Å². The first kappa shape index (κ1) is 19.4. The molecule has 1 saturated heterocycles. The molecule has 1 N–H and O–H groups in total. The van der Waals surface area contributed by atoms with Crippen LogP contribution in [-0.2, 0) is 15.4 Å². The molecule has 1 aliphatic heterocycles. The van der Waals surface area contributed by atoms with E-state index in [2.05, 4.69) is 5.10 Å². The van der Waals surface area contributed by atoms with Crippen molar-refractivity contribution in [2.45, 2.75) is 82.7 Å². The Morgan fingerprint density at radius 2 is 2.00 bits per heavy atom. The molecule has 1 aromatic rings. The summed E-state index contributed by atoms with van der Waals surface area (Å²) in [7, 11) is -3.62. The Labute approximate surface area is 145 Å². The van der Waals surface area contributed by atoms with Crippen LogP contribution in [0.25, 0.3) is 0 Å². The Morgan fingerprint density at radius 3 is 2.54 bits per heavy atom. The van der Waals surface area contributed by atoms with Gasteiger partial charge in [-0.2, -0.15) is 9.40 Å². The van der Waals surface area contributed by atoms with E-state index in [9.17, 15) is 13.5 Å². The molecule has 1 unspecified atom stereocenters. The van der Waals surface area contributed by atoms with Gasteiger partial charge in [-0.05, 0) is 33.1 Å². The van der Waals surface area contributed by atoms with E-state index in [0.717, 1.165) is 19.3 Å². The van der Waals surface area contributed by atoms with E-state index >= 15 is 0 Å². The summed E-state index contributed by atoms with van der Waals surface area (Å²) in [6.45, 7) is 10.5. The van der Waals surface area contributed by atoms with Gasteiger partial charge >= 0.3 is 0 Å². The average Bonchev–Trinajstić information content (AvgIpc) is 2.94. The molecule has 24 heavy (non-hydrogen) atoms. The minimum Gasteiger partial charge on any atom is -0.396 e. The van der Waals surface area contributed by atoms with Crippen molar-refractivity contribution in [2.24, 2.45) is 0 Å². The summed E-state index contributed by atoms with van der Waals surface area (Å²) in [4.78, 5) is 0.313. The van der Waals surface area contributed by atoms with Crippen LogP contribution in [-0.4, -0.2) is 46.8 Å². The molecule has 0 spiro atoms. The Kier molecular flexibility index (Phi) is 5.77. The van der Waals surface area contributed by atoms with Gasteiger partial charge in [0.05, 0.1) is 5.69 Å². The van der Waals surface area contributed by atoms with Crippen molar-refractivity contribution in [2.75, 3.05) is 13.2 Å². The first-order valence-electron chi connectivity index (χ1n) is 8.81. The molecular weight excluding hydrogens is 326 g/mol. The van der Waals surface area contributed by atoms with Gasteiger partial charge < -0.3 is 5.11 Å². The van der Waals surface area contributed by atoms with Gasteiger partial charge in [0.1, 0.15) is 4.90 Å². The SMILES string of the molecule is CC(C)n1cc(S(=O)(=O)N2CCCCC2CCO)c(C(C)(C)C)n1. The van der Waals surface area contributed by atoms with E-state index in [1.807, 2.05) is 34.6 Å². The van der Waals surface area contributed by atoms with Crippen molar-refractivity contribution >= 4 is 10.0 Å². The van der Waals surface area contributed by atoms with Gasteiger partial charge in [0.2, 0.25) is 10.0 Å². The Balaban J connectivity index is 2.51. The lowest BCUT2D eigenvalue weighted by molar-refractivity contribution is 0.192. The predicted octanol–water partition coefficient (Wildman–Crippen LogP) is 2.69. The minimum atomic E-state index is -3.62. The fourth-order valence-corrected chi connectivity index (χ4v) is 5.26. The highest BCUT2D eigenvalue weighted by Gasteiger charge is 2.38. The van der Waals surface area contributed by atoms with Crippen LogP contribution < -0.4 is 0 Å². The summed E-state index contributed by atoms with van der Waals surface area (Å²) in [6, 6.07) is -0.0198. The van der Waals surface area contributed by atoms with Crippen LogP contribution in [0.15, 0.2) is 11.1 Å². The summed E-state index contributed by atoms with van der Waals surface area (Å²) >= 11 is 0. The lowest BCUT2D eigenvalue weighted by Crippen LogP contribution is -2.44. The molecule has 1 fully saturated rings. The lowest BCUT2D eigenvalue weighted by atomic mass is 9.92. The minimum absolute atomic E-state index is 0.00801. The Hall–Kier alpha value is -0.920. The number of hydrogen-bond donors (Lipinski definition) is 1. The number of rotatable bonds is 5. The number of hydrogen-bond acceptors (Lipinski definition) is 4. The van der Waals surface area contributed by atoms with Crippen molar-refractivity contribution in [1.29, 1.82) is 0 Å². The third-order valence-electron chi connectivity index (χ3n) is 4.56. The molecule has 2 heterocycles. The quantitative estimate of drug-likeness (QED) is 0.879. The van der Waals surface area contributed by atoms with Gasteiger partial charge in [0.15, 0.2) is 0 Å². The van der Waals surface area contributed by atoms with Gasteiger partial charge in [0.25, 0.3) is 0 Å². The van der Waals surface area contributed by atoms with E-state index in [-0.39, 0.29) is 24.1 Å². The number of piperidine rings is 1. The molecule has 2 rings (SSSR count). The number of aliphatic hydroxyl groups excluding tert-OH is 1. The lowest BCUT2D eigenvalue weighted by Gasteiger charge is -2.34. The fourth-order valence-electron chi connectivity index (χ4n) is 3.20. The molecule has 0 radical (unpaired) electrons. The van der Waals surface area contributed by atoms with E-state index in [4.69, 9.17) is 0 Å². The highest BCUT2D eigenvalue weighted by molar-refractivity contribution is 7.89. The number of aromatic nitrogens is 2. The largest absolute Gasteiger partial charge is 0.396 e. The van der Waals surface area contributed by atoms with E-state index in [1.54, 1.807) is 15.2 Å². The molecule has 0 saturated carbocycles. The highest BCUT2D eigenvalue weighted by Crippen LogP contribution is 2.33. The molecule has 0 aliphatic carbocycles. The first-order valence-corrected chi connectivity index (χ1v) is 10.3. The van der Waals surface area contributed by atoms with Crippen LogP contribution in [0.1, 0.15) is 72.0 Å². The van der Waals surface area contributed by atoms with E-state index in [1.165, 1.54) is 0 Å². The molecule has 0 aromatic carbocycles. The molecule has 6 nitrogen and oxygen atoms in total. The van der Waals surface area contributed by atoms with Crippen molar-refractivity contribution < 1.29 is 13.5 Å². The maximum Gasteiger partial charge on any atom is 0.246 e. The second-order valence-electron chi connectivity index (χ2n) is 7.94. The second-order valence-corrected chi connectivity index (χ2v) is 9.80. The average molecular weight is 358 g/mol. The molecule has 1 atom stereocenters. The van der Waals surface area contributed by atoms with Crippen molar-refractivity contribution in [1.82, 2.24) is 14.1 Å². The van der Waals surface area contributed by atoms with Gasteiger partial charge in [-0.15, -0.1) is 0 Å². The fraction of sp³-hybridized carbons (Fsp3) is 0.824. The Bertz CT molecular complexity index is 657. The zero-order chi connectivity index (χ0) is 18.1. The number of nitrogens with zero attached hydrogens (tertiary/aromatic N) is 3. The van der Waals surface area contributed by atoms with Crippen LogP contribution in [0.3, 0.4) is 0 Å². The van der Waals surface area contributed by atoms with Crippen LogP contribution in [0.4, 0.5) is 0 Å². The zero-order valence-corrected chi connectivity index (χ0v) is 16.3.